The van der Waals surface area contributed by atoms with Crippen LogP contribution in [-0.4, -0.2) is 36.7 Å². The molecule has 2 amide bonds. The maximum atomic E-state index is 12.0. The number of nitrogens with zero attached hydrogens (tertiary/aromatic N) is 2. The predicted molar refractivity (Wildman–Crippen MR) is 89.1 cm³/mol. The van der Waals surface area contributed by atoms with Gasteiger partial charge in [0.25, 0.3) is 10.0 Å². The number of aromatic nitrogens is 2. The Bertz CT molecular complexity index is 853. The minimum absolute atomic E-state index is 0.0553. The lowest BCUT2D eigenvalue weighted by molar-refractivity contribution is -0.117. The molecule has 0 saturated carbocycles. The number of nitrogens with two attached hydrogens (primary N) is 1. The Hall–Kier alpha value is -2.57. The molecule has 4 N–H and O–H groups in total. The van der Waals surface area contributed by atoms with Crippen molar-refractivity contribution in [3.8, 4) is 0 Å². The van der Waals surface area contributed by atoms with Crippen molar-refractivity contribution in [1.82, 2.24) is 15.5 Å². The highest BCUT2D eigenvalue weighted by Crippen LogP contribution is 2.18. The van der Waals surface area contributed by atoms with Crippen molar-refractivity contribution in [2.75, 3.05) is 5.32 Å². The van der Waals surface area contributed by atoms with Gasteiger partial charge >= 0.3 is 6.09 Å². The Labute approximate surface area is 147 Å². The molecule has 1 unspecified atom stereocenters. The molecular formula is C13H15N5O5S2. The molecule has 0 aliphatic heterocycles. The summed E-state index contributed by atoms with van der Waals surface area (Å²) in [7, 11) is -3.99. The fourth-order valence-electron chi connectivity index (χ4n) is 1.60. The molecule has 1 aromatic carbocycles. The SMILES string of the molecule is CC(NC(=O)OCc1ccccc1)C(=O)Nc1nnc(S(N)(=O)=O)s1. The molecule has 0 saturated heterocycles. The number of carbonyl (C=O) groups is 2. The van der Waals surface area contributed by atoms with Gasteiger partial charge in [-0.05, 0) is 12.5 Å². The van der Waals surface area contributed by atoms with Crippen molar-refractivity contribution in [2.24, 2.45) is 5.14 Å². The van der Waals surface area contributed by atoms with Gasteiger partial charge in [-0.3, -0.25) is 10.1 Å². The largest absolute Gasteiger partial charge is 0.445 e. The van der Waals surface area contributed by atoms with E-state index in [1.165, 1.54) is 6.92 Å². The van der Waals surface area contributed by atoms with Gasteiger partial charge in [-0.1, -0.05) is 41.7 Å². The third-order valence-electron chi connectivity index (χ3n) is 2.82. The van der Waals surface area contributed by atoms with E-state index in [2.05, 4.69) is 20.8 Å². The van der Waals surface area contributed by atoms with E-state index in [-0.39, 0.29) is 11.7 Å². The van der Waals surface area contributed by atoms with Crippen molar-refractivity contribution >= 4 is 38.5 Å². The van der Waals surface area contributed by atoms with Crippen molar-refractivity contribution in [1.29, 1.82) is 0 Å². The van der Waals surface area contributed by atoms with Gasteiger partial charge in [0.05, 0.1) is 0 Å². The number of alkyl carbamates (subject to hydrolysis) is 1. The molecule has 25 heavy (non-hydrogen) atoms. The minimum atomic E-state index is -3.99. The summed E-state index contributed by atoms with van der Waals surface area (Å²) in [4.78, 5) is 23.6. The van der Waals surface area contributed by atoms with Gasteiger partial charge in [0.2, 0.25) is 15.4 Å². The molecule has 134 valence electrons. The predicted octanol–water partition coefficient (Wildman–Crippen LogP) is 0.439. The number of amides is 2. The molecule has 10 nitrogen and oxygen atoms in total. The number of benzene rings is 1. The van der Waals surface area contributed by atoms with Gasteiger partial charge in [-0.15, -0.1) is 10.2 Å². The summed E-state index contributed by atoms with van der Waals surface area (Å²) in [5.41, 5.74) is 0.805. The second kappa shape index (κ2) is 8.00. The number of anilines is 1. The third-order valence-corrected chi connectivity index (χ3v) is 4.97. The molecule has 0 fully saturated rings. The Morgan fingerprint density at radius 3 is 2.56 bits per heavy atom. The highest BCUT2D eigenvalue weighted by molar-refractivity contribution is 7.91. The lowest BCUT2D eigenvalue weighted by atomic mass is 10.2. The monoisotopic (exact) mass is 385 g/mol. The van der Waals surface area contributed by atoms with E-state index >= 15 is 0 Å². The third kappa shape index (κ3) is 5.77. The van der Waals surface area contributed by atoms with E-state index in [1.54, 1.807) is 12.1 Å². The summed E-state index contributed by atoms with van der Waals surface area (Å²) in [5, 5.41) is 16.4. The zero-order chi connectivity index (χ0) is 18.4. The summed E-state index contributed by atoms with van der Waals surface area (Å²) in [5.74, 6) is -0.617. The number of sulfonamides is 1. The highest BCUT2D eigenvalue weighted by Gasteiger charge is 2.20. The van der Waals surface area contributed by atoms with Gasteiger partial charge < -0.3 is 10.1 Å². The summed E-state index contributed by atoms with van der Waals surface area (Å²) < 4.78 is 26.8. The van der Waals surface area contributed by atoms with Gasteiger partial charge in [0.1, 0.15) is 12.6 Å². The number of rotatable bonds is 6. The normalized spacial score (nSPS) is 12.2. The topological polar surface area (TPSA) is 153 Å². The van der Waals surface area contributed by atoms with Gasteiger partial charge in [-0.2, -0.15) is 0 Å². The number of hydrogen-bond donors (Lipinski definition) is 3. The summed E-state index contributed by atoms with van der Waals surface area (Å²) in [6.45, 7) is 1.50. The van der Waals surface area contributed by atoms with Crippen LogP contribution in [0.2, 0.25) is 0 Å². The summed E-state index contributed by atoms with van der Waals surface area (Å²) in [6, 6.07) is 8.11. The molecule has 0 aliphatic rings. The van der Waals surface area contributed by atoms with Crippen molar-refractivity contribution in [2.45, 2.75) is 23.9 Å². The minimum Gasteiger partial charge on any atom is -0.445 e. The van der Waals surface area contributed by atoms with Crippen LogP contribution in [-0.2, 0) is 26.2 Å². The zero-order valence-corrected chi connectivity index (χ0v) is 14.6. The molecule has 1 atom stereocenters. The van der Waals surface area contributed by atoms with Crippen LogP contribution in [0.15, 0.2) is 34.7 Å². The van der Waals surface area contributed by atoms with Crippen LogP contribution in [0.3, 0.4) is 0 Å². The van der Waals surface area contributed by atoms with E-state index in [1.807, 2.05) is 18.2 Å². The molecule has 0 aliphatic carbocycles. The van der Waals surface area contributed by atoms with Crippen LogP contribution >= 0.6 is 11.3 Å². The molecule has 1 heterocycles. The Morgan fingerprint density at radius 2 is 1.96 bits per heavy atom. The molecule has 1 aromatic heterocycles. The number of nitrogens with one attached hydrogen (secondary N) is 2. The molecule has 2 rings (SSSR count). The lowest BCUT2D eigenvalue weighted by Gasteiger charge is -2.13. The van der Waals surface area contributed by atoms with Gasteiger partial charge in [-0.25, -0.2) is 18.4 Å². The Balaban J connectivity index is 1.83. The maximum absolute atomic E-state index is 12.0. The average molecular weight is 385 g/mol. The average Bonchev–Trinajstić information content (AvgIpc) is 3.02. The van der Waals surface area contributed by atoms with Crippen LogP contribution in [0.25, 0.3) is 0 Å². The molecule has 12 heteroatoms. The van der Waals surface area contributed by atoms with Crippen LogP contribution < -0.4 is 15.8 Å². The summed E-state index contributed by atoms with van der Waals surface area (Å²) >= 11 is 0.601. The van der Waals surface area contributed by atoms with Crippen LogP contribution in [0.4, 0.5) is 9.93 Å². The standard InChI is InChI=1S/C13H15N5O5S2/c1-8(15-12(20)23-7-9-5-3-2-4-6-9)10(19)16-11-17-18-13(24-11)25(14,21)22/h2-6,8H,7H2,1H3,(H,15,20)(H2,14,21,22)(H,16,17,19). The van der Waals surface area contributed by atoms with E-state index in [0.29, 0.717) is 11.3 Å². The second-order valence-corrected chi connectivity index (χ2v) is 7.55. The van der Waals surface area contributed by atoms with Crippen LogP contribution in [0, 0.1) is 0 Å². The van der Waals surface area contributed by atoms with Crippen molar-refractivity contribution < 1.29 is 22.7 Å². The van der Waals surface area contributed by atoms with E-state index < -0.39 is 32.4 Å². The smallest absolute Gasteiger partial charge is 0.408 e. The quantitative estimate of drug-likeness (QED) is 0.610. The van der Waals surface area contributed by atoms with Crippen LogP contribution in [0.5, 0.6) is 0 Å². The van der Waals surface area contributed by atoms with Gasteiger partial charge in [0, 0.05) is 0 Å². The van der Waals surface area contributed by atoms with E-state index in [0.717, 1.165) is 5.56 Å². The molecule has 0 radical (unpaired) electrons. The number of carbonyl (C=O) groups excluding carboxylic acids is 2. The highest BCUT2D eigenvalue weighted by atomic mass is 32.2. The number of hydrogen-bond acceptors (Lipinski definition) is 8. The molecule has 0 spiro atoms. The van der Waals surface area contributed by atoms with Crippen molar-refractivity contribution in [3.05, 3.63) is 35.9 Å². The lowest BCUT2D eigenvalue weighted by Crippen LogP contribution is -2.41. The number of ether oxygens (including phenoxy) is 1. The molecule has 2 aromatic rings. The molecule has 0 bridgehead atoms. The first kappa shape index (κ1) is 18.8. The van der Waals surface area contributed by atoms with E-state index in [4.69, 9.17) is 9.88 Å². The Morgan fingerprint density at radius 1 is 1.28 bits per heavy atom. The summed E-state index contributed by atoms with van der Waals surface area (Å²) in [6.07, 6.45) is -0.769. The van der Waals surface area contributed by atoms with Crippen LogP contribution in [0.1, 0.15) is 12.5 Å². The Kier molecular flexibility index (Phi) is 6.01. The molecular weight excluding hydrogens is 370 g/mol. The zero-order valence-electron chi connectivity index (χ0n) is 13.0. The fraction of sp³-hybridized carbons (Fsp3) is 0.231. The fourth-order valence-corrected chi connectivity index (χ4v) is 2.93. The number of primary sulfonamides is 1. The van der Waals surface area contributed by atoms with Gasteiger partial charge in [0.15, 0.2) is 0 Å². The maximum Gasteiger partial charge on any atom is 0.408 e. The first-order valence-electron chi connectivity index (χ1n) is 6.90. The second-order valence-electron chi connectivity index (χ2n) is 4.84. The van der Waals surface area contributed by atoms with E-state index in [9.17, 15) is 18.0 Å². The first-order chi connectivity index (χ1) is 11.8. The van der Waals surface area contributed by atoms with Crippen molar-refractivity contribution in [3.63, 3.8) is 0 Å². The first-order valence-corrected chi connectivity index (χ1v) is 9.26.